The lowest BCUT2D eigenvalue weighted by atomic mass is 9.69. The van der Waals surface area contributed by atoms with Crippen molar-refractivity contribution in [2.75, 3.05) is 19.1 Å². The second-order valence-electron chi connectivity index (χ2n) is 8.63. The molecule has 35 heavy (non-hydrogen) atoms. The maximum absolute atomic E-state index is 14.2. The van der Waals surface area contributed by atoms with E-state index in [9.17, 15) is 15.3 Å². The summed E-state index contributed by atoms with van der Waals surface area (Å²) in [5.41, 5.74) is 1.44. The van der Waals surface area contributed by atoms with Crippen molar-refractivity contribution in [3.8, 4) is 23.6 Å². The van der Waals surface area contributed by atoms with Gasteiger partial charge in [-0.15, -0.1) is 0 Å². The van der Waals surface area contributed by atoms with Crippen LogP contribution in [0.15, 0.2) is 78.9 Å². The number of carbonyl (C=O) groups excluding carboxylic acids is 1. The molecule has 0 bridgehead atoms. The van der Waals surface area contributed by atoms with E-state index in [2.05, 4.69) is 12.1 Å². The highest BCUT2D eigenvalue weighted by Gasteiger charge is 2.63. The lowest BCUT2D eigenvalue weighted by molar-refractivity contribution is 0.0951. The fraction of sp³-hybridized carbons (Fsp3) is 0.207. The number of hydrogen-bond acceptors (Lipinski definition) is 6. The van der Waals surface area contributed by atoms with E-state index in [4.69, 9.17) is 9.47 Å². The largest absolute Gasteiger partial charge is 0.493 e. The standard InChI is InChI=1S/C29H23N3O3/c1-34-23-14-12-21(16-24(23)35-2)26-27(28(33)20-9-4-3-5-10-20)32-22-11-7-6-8-19(22)13-15-25(32)29(26,17-30)18-31/h3-16,25-27H,1-2H3/t25-,26-,27+/m1/s1. The maximum Gasteiger partial charge on any atom is 0.185 e. The lowest BCUT2D eigenvalue weighted by Crippen LogP contribution is -2.44. The first kappa shape index (κ1) is 22.3. The van der Waals surface area contributed by atoms with Gasteiger partial charge in [-0.25, -0.2) is 0 Å². The number of hydrogen-bond donors (Lipinski definition) is 0. The first-order valence-corrected chi connectivity index (χ1v) is 11.3. The Bertz CT molecular complexity index is 1390. The third kappa shape index (κ3) is 3.26. The van der Waals surface area contributed by atoms with Crippen LogP contribution in [0.1, 0.15) is 27.4 Å². The van der Waals surface area contributed by atoms with Crippen molar-refractivity contribution < 1.29 is 14.3 Å². The van der Waals surface area contributed by atoms with Gasteiger partial charge in [-0.05, 0) is 29.3 Å². The summed E-state index contributed by atoms with van der Waals surface area (Å²) in [7, 11) is 3.08. The van der Waals surface area contributed by atoms with Gasteiger partial charge in [0, 0.05) is 17.2 Å². The van der Waals surface area contributed by atoms with Crippen LogP contribution in [-0.2, 0) is 0 Å². The van der Waals surface area contributed by atoms with Gasteiger partial charge in [-0.1, -0.05) is 66.7 Å². The van der Waals surface area contributed by atoms with Gasteiger partial charge in [0.05, 0.1) is 32.4 Å². The molecule has 0 amide bonds. The number of ether oxygens (including phenoxy) is 2. The second kappa shape index (κ2) is 8.66. The Balaban J connectivity index is 1.79. The van der Waals surface area contributed by atoms with E-state index in [0.29, 0.717) is 22.6 Å². The first-order chi connectivity index (χ1) is 17.1. The van der Waals surface area contributed by atoms with Crippen LogP contribution in [0.5, 0.6) is 11.5 Å². The number of para-hydroxylation sites is 1. The Morgan fingerprint density at radius 1 is 0.914 bits per heavy atom. The molecule has 0 aromatic heterocycles. The Labute approximate surface area is 204 Å². The molecule has 3 aromatic rings. The Hall–Kier alpha value is -4.55. The molecule has 172 valence electrons. The average molecular weight is 462 g/mol. The van der Waals surface area contributed by atoms with Gasteiger partial charge in [-0.2, -0.15) is 10.5 Å². The number of benzene rings is 3. The molecule has 2 aliphatic rings. The molecule has 0 unspecified atom stereocenters. The molecule has 0 saturated carbocycles. The topological polar surface area (TPSA) is 86.4 Å². The molecule has 5 rings (SSSR count). The number of carbonyl (C=O) groups is 1. The number of anilines is 1. The van der Waals surface area contributed by atoms with Crippen LogP contribution < -0.4 is 14.4 Å². The molecule has 3 aromatic carbocycles. The number of rotatable bonds is 5. The second-order valence-corrected chi connectivity index (χ2v) is 8.63. The highest BCUT2D eigenvalue weighted by atomic mass is 16.5. The molecule has 0 N–H and O–H groups in total. The average Bonchev–Trinajstić information content (AvgIpc) is 3.23. The SMILES string of the molecule is COc1ccc([C@@H]2[C@@H](C(=O)c3ccccc3)N3c4ccccc4C=C[C@@H]3C2(C#N)C#N)cc1OC. The molecule has 1 fully saturated rings. The highest BCUT2D eigenvalue weighted by Crippen LogP contribution is 2.56. The molecular weight excluding hydrogens is 438 g/mol. The van der Waals surface area contributed by atoms with E-state index >= 15 is 0 Å². The van der Waals surface area contributed by atoms with Crippen LogP contribution in [0, 0.1) is 28.1 Å². The molecule has 6 heteroatoms. The smallest absolute Gasteiger partial charge is 0.185 e. The monoisotopic (exact) mass is 461 g/mol. The van der Waals surface area contributed by atoms with Crippen molar-refractivity contribution >= 4 is 17.5 Å². The van der Waals surface area contributed by atoms with Crippen LogP contribution in [0.25, 0.3) is 6.08 Å². The van der Waals surface area contributed by atoms with E-state index in [1.165, 1.54) is 7.11 Å². The van der Waals surface area contributed by atoms with Crippen molar-refractivity contribution in [2.24, 2.45) is 5.41 Å². The van der Waals surface area contributed by atoms with Crippen molar-refractivity contribution in [1.82, 2.24) is 0 Å². The van der Waals surface area contributed by atoms with Crippen LogP contribution in [0.4, 0.5) is 5.69 Å². The molecule has 1 saturated heterocycles. The fourth-order valence-corrected chi connectivity index (χ4v) is 5.43. The van der Waals surface area contributed by atoms with Gasteiger partial charge >= 0.3 is 0 Å². The molecule has 2 aliphatic heterocycles. The van der Waals surface area contributed by atoms with Gasteiger partial charge in [0.15, 0.2) is 22.7 Å². The van der Waals surface area contributed by atoms with E-state index < -0.39 is 23.4 Å². The predicted octanol–water partition coefficient (Wildman–Crippen LogP) is 4.99. The number of nitriles is 2. The normalized spacial score (nSPS) is 21.3. The Morgan fingerprint density at radius 2 is 1.60 bits per heavy atom. The van der Waals surface area contributed by atoms with Gasteiger partial charge in [0.2, 0.25) is 0 Å². The Kier molecular flexibility index (Phi) is 5.51. The van der Waals surface area contributed by atoms with Gasteiger partial charge < -0.3 is 14.4 Å². The summed E-state index contributed by atoms with van der Waals surface area (Å²) in [6.45, 7) is 0. The van der Waals surface area contributed by atoms with E-state index in [0.717, 1.165) is 11.3 Å². The van der Waals surface area contributed by atoms with Crippen molar-refractivity contribution in [3.63, 3.8) is 0 Å². The zero-order chi connectivity index (χ0) is 24.6. The minimum absolute atomic E-state index is 0.145. The summed E-state index contributed by atoms with van der Waals surface area (Å²) in [5, 5.41) is 21.1. The predicted molar refractivity (Wildman–Crippen MR) is 132 cm³/mol. The number of nitrogens with zero attached hydrogens (tertiary/aromatic N) is 3. The third-order valence-corrected chi connectivity index (χ3v) is 7.01. The lowest BCUT2D eigenvalue weighted by Gasteiger charge is -2.35. The minimum Gasteiger partial charge on any atom is -0.493 e. The van der Waals surface area contributed by atoms with Crippen molar-refractivity contribution in [3.05, 3.63) is 95.6 Å². The first-order valence-electron chi connectivity index (χ1n) is 11.3. The third-order valence-electron chi connectivity index (χ3n) is 7.01. The molecule has 0 spiro atoms. The summed E-state index contributed by atoms with van der Waals surface area (Å²) < 4.78 is 10.9. The summed E-state index contributed by atoms with van der Waals surface area (Å²) in [4.78, 5) is 16.1. The summed E-state index contributed by atoms with van der Waals surface area (Å²) in [6.07, 6.45) is 3.81. The van der Waals surface area contributed by atoms with E-state index in [1.54, 1.807) is 31.4 Å². The fourth-order valence-electron chi connectivity index (χ4n) is 5.43. The number of ketones is 1. The number of Topliss-reactive ketones (excluding diaryl/α,β-unsaturated/α-hetero) is 1. The van der Waals surface area contributed by atoms with Crippen LogP contribution in [0.2, 0.25) is 0 Å². The quantitative estimate of drug-likeness (QED) is 0.498. The zero-order valence-electron chi connectivity index (χ0n) is 19.4. The van der Waals surface area contributed by atoms with Gasteiger partial charge in [-0.3, -0.25) is 4.79 Å². The summed E-state index contributed by atoms with van der Waals surface area (Å²) in [5.74, 6) is 0.114. The van der Waals surface area contributed by atoms with Crippen molar-refractivity contribution in [2.45, 2.75) is 18.0 Å². The zero-order valence-corrected chi connectivity index (χ0v) is 19.4. The molecule has 3 atom stereocenters. The molecule has 0 radical (unpaired) electrons. The molecule has 6 nitrogen and oxygen atoms in total. The van der Waals surface area contributed by atoms with Crippen molar-refractivity contribution in [1.29, 1.82) is 10.5 Å². The van der Waals surface area contributed by atoms with Gasteiger partial charge in [0.25, 0.3) is 0 Å². The van der Waals surface area contributed by atoms with Crippen LogP contribution in [-0.4, -0.2) is 32.1 Å². The van der Waals surface area contributed by atoms with E-state index in [-0.39, 0.29) is 5.78 Å². The molecule has 2 heterocycles. The van der Waals surface area contributed by atoms with E-state index in [1.807, 2.05) is 65.6 Å². The van der Waals surface area contributed by atoms with Gasteiger partial charge in [0.1, 0.15) is 6.04 Å². The highest BCUT2D eigenvalue weighted by molar-refractivity contribution is 6.04. The minimum atomic E-state index is -1.52. The summed E-state index contributed by atoms with van der Waals surface area (Å²) >= 11 is 0. The Morgan fingerprint density at radius 3 is 2.29 bits per heavy atom. The van der Waals surface area contributed by atoms with Crippen LogP contribution >= 0.6 is 0 Å². The number of fused-ring (bicyclic) bond motifs is 3. The van der Waals surface area contributed by atoms with Crippen LogP contribution in [0.3, 0.4) is 0 Å². The summed E-state index contributed by atoms with van der Waals surface area (Å²) in [6, 6.07) is 25.4. The molecule has 0 aliphatic carbocycles. The maximum atomic E-state index is 14.2. The number of methoxy groups -OCH3 is 2. The molecular formula is C29H23N3O3.